The van der Waals surface area contributed by atoms with Crippen LogP contribution in [0.1, 0.15) is 35.0 Å². The first-order valence-corrected chi connectivity index (χ1v) is 11.1. The number of carbonyl (C=O) groups excluding carboxylic acids is 2. The molecular weight excluding hydrogens is 442 g/mol. The Balaban J connectivity index is 1.28. The van der Waals surface area contributed by atoms with E-state index in [9.17, 15) is 9.59 Å². The maximum absolute atomic E-state index is 12.3. The van der Waals surface area contributed by atoms with Crippen molar-refractivity contribution in [2.45, 2.75) is 23.1 Å². The molecule has 0 saturated heterocycles. The first-order valence-electron chi connectivity index (χ1n) is 9.32. The predicted molar refractivity (Wildman–Crippen MR) is 115 cm³/mol. The third-order valence-electron chi connectivity index (χ3n) is 4.38. The van der Waals surface area contributed by atoms with Gasteiger partial charge in [0.1, 0.15) is 17.3 Å². The highest BCUT2D eigenvalue weighted by Crippen LogP contribution is 2.40. The van der Waals surface area contributed by atoms with Crippen molar-refractivity contribution in [3.8, 4) is 11.5 Å². The Labute approximate surface area is 185 Å². The number of amides is 2. The molecule has 1 aromatic carbocycles. The summed E-state index contributed by atoms with van der Waals surface area (Å²) in [4.78, 5) is 24.6. The van der Waals surface area contributed by atoms with Crippen LogP contribution in [0.3, 0.4) is 0 Å². The molecule has 0 bridgehead atoms. The molecule has 0 radical (unpaired) electrons. The topological polar surface area (TPSA) is 128 Å². The fourth-order valence-electron chi connectivity index (χ4n) is 2.65. The number of benzene rings is 1. The number of thioether (sulfide) groups is 1. The molecule has 0 spiro atoms. The van der Waals surface area contributed by atoms with E-state index in [2.05, 4.69) is 26.0 Å². The summed E-state index contributed by atoms with van der Waals surface area (Å²) in [5, 5.41) is 17.5. The van der Waals surface area contributed by atoms with Crippen molar-refractivity contribution in [3.63, 3.8) is 0 Å². The first-order chi connectivity index (χ1) is 15.1. The van der Waals surface area contributed by atoms with Gasteiger partial charge in [-0.15, -0.1) is 10.2 Å². The van der Waals surface area contributed by atoms with E-state index in [0.717, 1.165) is 18.6 Å². The zero-order valence-corrected chi connectivity index (χ0v) is 18.3. The van der Waals surface area contributed by atoms with Crippen LogP contribution in [-0.4, -0.2) is 47.1 Å². The van der Waals surface area contributed by atoms with E-state index < -0.39 is 5.91 Å². The minimum Gasteiger partial charge on any atom is -0.497 e. The van der Waals surface area contributed by atoms with Gasteiger partial charge in [-0.05, 0) is 25.0 Å². The molecule has 1 aliphatic rings. The molecule has 2 N–H and O–H groups in total. The average Bonchev–Trinajstić information content (AvgIpc) is 3.33. The van der Waals surface area contributed by atoms with Crippen LogP contribution in [0.25, 0.3) is 0 Å². The average molecular weight is 462 g/mol. The number of rotatable bonds is 9. The molecule has 2 amide bonds. The number of carbonyl (C=O) groups is 2. The van der Waals surface area contributed by atoms with Crippen molar-refractivity contribution < 1.29 is 23.6 Å². The van der Waals surface area contributed by atoms with E-state index in [1.807, 2.05) is 0 Å². The number of ether oxygens (including phenoxy) is 2. The van der Waals surface area contributed by atoms with E-state index >= 15 is 0 Å². The Kier molecular flexibility index (Phi) is 6.37. The van der Waals surface area contributed by atoms with Crippen LogP contribution < -0.4 is 20.1 Å². The van der Waals surface area contributed by atoms with Gasteiger partial charge in [0.25, 0.3) is 5.91 Å². The number of nitrogens with zero attached hydrogens (tertiary/aromatic N) is 3. The normalized spacial score (nSPS) is 13.0. The van der Waals surface area contributed by atoms with Crippen molar-refractivity contribution >= 4 is 45.7 Å². The van der Waals surface area contributed by atoms with Crippen molar-refractivity contribution in [1.82, 2.24) is 15.4 Å². The molecule has 1 fully saturated rings. The lowest BCUT2D eigenvalue weighted by molar-refractivity contribution is -0.113. The van der Waals surface area contributed by atoms with Crippen LogP contribution in [0, 0.1) is 0 Å². The second kappa shape index (κ2) is 9.35. The maximum atomic E-state index is 12.3. The fraction of sp³-hybridized carbons (Fsp3) is 0.316. The summed E-state index contributed by atoms with van der Waals surface area (Å²) in [6.45, 7) is 0. The van der Waals surface area contributed by atoms with Crippen molar-refractivity contribution in [3.05, 3.63) is 35.7 Å². The maximum Gasteiger partial charge on any atom is 0.279 e. The van der Waals surface area contributed by atoms with E-state index in [0.29, 0.717) is 32.6 Å². The molecule has 31 heavy (non-hydrogen) atoms. The van der Waals surface area contributed by atoms with E-state index in [4.69, 9.17) is 14.0 Å². The van der Waals surface area contributed by atoms with E-state index in [1.54, 1.807) is 31.4 Å². The molecule has 2 heterocycles. The molecule has 0 unspecified atom stereocenters. The SMILES string of the molecule is COc1ccc(NC(=O)CSc2nnc(NC(=O)c3cc(C4CC4)on3)s2)c(OC)c1. The van der Waals surface area contributed by atoms with Gasteiger partial charge in [-0.25, -0.2) is 0 Å². The lowest BCUT2D eigenvalue weighted by atomic mass is 10.2. The molecule has 4 rings (SSSR count). The highest BCUT2D eigenvalue weighted by atomic mass is 32.2. The second-order valence-electron chi connectivity index (χ2n) is 6.62. The molecule has 0 atom stereocenters. The summed E-state index contributed by atoms with van der Waals surface area (Å²) < 4.78 is 16.2. The summed E-state index contributed by atoms with van der Waals surface area (Å²) in [5.41, 5.74) is 0.747. The van der Waals surface area contributed by atoms with E-state index in [1.165, 1.54) is 30.2 Å². The van der Waals surface area contributed by atoms with Crippen LogP contribution >= 0.6 is 23.1 Å². The Morgan fingerprint density at radius 2 is 2.03 bits per heavy atom. The summed E-state index contributed by atoms with van der Waals surface area (Å²) >= 11 is 2.38. The molecule has 1 saturated carbocycles. The summed E-state index contributed by atoms with van der Waals surface area (Å²) in [6, 6.07) is 6.78. The molecule has 3 aromatic rings. The van der Waals surface area contributed by atoms with Gasteiger partial charge in [0.15, 0.2) is 10.0 Å². The van der Waals surface area contributed by atoms with Gasteiger partial charge in [-0.1, -0.05) is 28.3 Å². The smallest absolute Gasteiger partial charge is 0.279 e. The minimum atomic E-state index is -0.410. The zero-order valence-electron chi connectivity index (χ0n) is 16.7. The predicted octanol–water partition coefficient (Wildman–Crippen LogP) is 3.40. The molecule has 1 aliphatic carbocycles. The number of nitrogens with one attached hydrogen (secondary N) is 2. The van der Waals surface area contributed by atoms with Crippen molar-refractivity contribution in [1.29, 1.82) is 0 Å². The number of anilines is 2. The molecule has 162 valence electrons. The van der Waals surface area contributed by atoms with Crippen LogP contribution in [0.2, 0.25) is 0 Å². The van der Waals surface area contributed by atoms with Gasteiger partial charge in [0.2, 0.25) is 11.0 Å². The number of aromatic nitrogens is 3. The first kappa shape index (κ1) is 21.1. The standard InChI is InChI=1S/C19H19N5O5S2/c1-27-11-5-6-12(15(7-11)28-2)20-16(25)9-30-19-23-22-18(31-19)21-17(26)13-8-14(29-24-13)10-3-4-10/h5-8,10H,3-4,9H2,1-2H3,(H,20,25)(H,21,22,26). The molecule has 10 nitrogen and oxygen atoms in total. The Morgan fingerprint density at radius 3 is 2.77 bits per heavy atom. The Hall–Kier alpha value is -3.12. The van der Waals surface area contributed by atoms with Gasteiger partial charge in [-0.3, -0.25) is 14.9 Å². The number of hydrogen-bond donors (Lipinski definition) is 2. The second-order valence-corrected chi connectivity index (χ2v) is 8.82. The molecule has 2 aromatic heterocycles. The minimum absolute atomic E-state index is 0.117. The molecule has 12 heteroatoms. The third-order valence-corrected chi connectivity index (χ3v) is 6.35. The van der Waals surface area contributed by atoms with Crippen LogP contribution in [-0.2, 0) is 4.79 Å². The quantitative estimate of drug-likeness (QED) is 0.364. The summed E-state index contributed by atoms with van der Waals surface area (Å²) in [6.07, 6.45) is 2.12. The fourth-order valence-corrected chi connectivity index (χ4v) is 4.20. The lowest BCUT2D eigenvalue weighted by Gasteiger charge is -2.11. The highest BCUT2D eigenvalue weighted by molar-refractivity contribution is 8.01. The van der Waals surface area contributed by atoms with Crippen molar-refractivity contribution in [2.24, 2.45) is 0 Å². The Morgan fingerprint density at radius 1 is 1.19 bits per heavy atom. The van der Waals surface area contributed by atoms with Crippen LogP contribution in [0.4, 0.5) is 10.8 Å². The van der Waals surface area contributed by atoms with Gasteiger partial charge < -0.3 is 19.3 Å². The highest BCUT2D eigenvalue weighted by Gasteiger charge is 2.29. The van der Waals surface area contributed by atoms with Gasteiger partial charge >= 0.3 is 0 Å². The summed E-state index contributed by atoms with van der Waals surface area (Å²) in [5.74, 6) is 1.71. The number of hydrogen-bond acceptors (Lipinski definition) is 10. The lowest BCUT2D eigenvalue weighted by Crippen LogP contribution is -2.14. The largest absolute Gasteiger partial charge is 0.497 e. The van der Waals surface area contributed by atoms with Crippen LogP contribution in [0.5, 0.6) is 11.5 Å². The molecular formula is C19H19N5O5S2. The molecule has 0 aliphatic heterocycles. The van der Waals surface area contributed by atoms with Crippen molar-refractivity contribution in [2.75, 3.05) is 30.6 Å². The Bertz CT molecular complexity index is 1100. The van der Waals surface area contributed by atoms with Gasteiger partial charge in [0, 0.05) is 18.1 Å². The zero-order chi connectivity index (χ0) is 21.8. The van der Waals surface area contributed by atoms with E-state index in [-0.39, 0.29) is 17.4 Å². The third kappa shape index (κ3) is 5.33. The number of methoxy groups -OCH3 is 2. The van der Waals surface area contributed by atoms with Crippen LogP contribution in [0.15, 0.2) is 33.1 Å². The van der Waals surface area contributed by atoms with Gasteiger partial charge in [-0.2, -0.15) is 0 Å². The summed E-state index contributed by atoms with van der Waals surface area (Å²) in [7, 11) is 3.07. The monoisotopic (exact) mass is 461 g/mol. The van der Waals surface area contributed by atoms with Gasteiger partial charge in [0.05, 0.1) is 25.7 Å².